The van der Waals surface area contributed by atoms with Crippen LogP contribution in [-0.4, -0.2) is 6.54 Å². The lowest BCUT2D eigenvalue weighted by atomic mass is 10.1. The minimum absolute atomic E-state index is 0.326. The summed E-state index contributed by atoms with van der Waals surface area (Å²) in [7, 11) is 0. The minimum Gasteiger partial charge on any atom is -0.329 e. The van der Waals surface area contributed by atoms with Crippen molar-refractivity contribution in [1.82, 2.24) is 0 Å². The van der Waals surface area contributed by atoms with E-state index in [9.17, 15) is 0 Å². The van der Waals surface area contributed by atoms with E-state index < -0.39 is 0 Å². The highest BCUT2D eigenvalue weighted by atomic mass is 32.2. The third kappa shape index (κ3) is 3.15. The number of rotatable bonds is 4. The summed E-state index contributed by atoms with van der Waals surface area (Å²) in [6, 6.07) is 17.1. The first kappa shape index (κ1) is 13.2. The van der Waals surface area contributed by atoms with Crippen LogP contribution >= 0.6 is 11.8 Å². The van der Waals surface area contributed by atoms with Crippen molar-refractivity contribution in [2.45, 2.75) is 24.0 Å². The van der Waals surface area contributed by atoms with Crippen LogP contribution in [-0.2, 0) is 0 Å². The molecule has 2 aromatic carbocycles. The van der Waals surface area contributed by atoms with Crippen molar-refractivity contribution in [3.63, 3.8) is 0 Å². The molecule has 0 amide bonds. The Morgan fingerprint density at radius 3 is 2.28 bits per heavy atom. The largest absolute Gasteiger partial charge is 0.329 e. The highest BCUT2D eigenvalue weighted by Crippen LogP contribution is 2.35. The molecule has 18 heavy (non-hydrogen) atoms. The van der Waals surface area contributed by atoms with Gasteiger partial charge in [0.25, 0.3) is 0 Å². The summed E-state index contributed by atoms with van der Waals surface area (Å²) in [5, 5.41) is 0.326. The molecule has 0 spiro atoms. The van der Waals surface area contributed by atoms with Gasteiger partial charge in [0.05, 0.1) is 0 Å². The van der Waals surface area contributed by atoms with Crippen molar-refractivity contribution in [2.75, 3.05) is 6.54 Å². The Kier molecular flexibility index (Phi) is 4.45. The Balaban J connectivity index is 2.20. The maximum Gasteiger partial charge on any atom is 0.0466 e. The number of hydrogen-bond donors (Lipinski definition) is 1. The minimum atomic E-state index is 0.326. The fraction of sp³-hybridized carbons (Fsp3) is 0.250. The van der Waals surface area contributed by atoms with Crippen LogP contribution in [0.3, 0.4) is 0 Å². The summed E-state index contributed by atoms with van der Waals surface area (Å²) in [5.41, 5.74) is 9.82. The van der Waals surface area contributed by atoms with E-state index in [0.717, 1.165) is 0 Å². The third-order valence-corrected chi connectivity index (χ3v) is 4.49. The van der Waals surface area contributed by atoms with Gasteiger partial charge >= 0.3 is 0 Å². The first-order valence-electron chi connectivity index (χ1n) is 6.19. The average molecular weight is 257 g/mol. The molecule has 0 fully saturated rings. The van der Waals surface area contributed by atoms with Crippen LogP contribution in [0.15, 0.2) is 53.4 Å². The van der Waals surface area contributed by atoms with Crippen LogP contribution in [0.5, 0.6) is 0 Å². The van der Waals surface area contributed by atoms with Crippen LogP contribution in [0.25, 0.3) is 0 Å². The highest BCUT2D eigenvalue weighted by Gasteiger charge is 2.12. The Morgan fingerprint density at radius 2 is 1.67 bits per heavy atom. The zero-order valence-electron chi connectivity index (χ0n) is 10.9. The predicted molar refractivity (Wildman–Crippen MR) is 80.0 cm³/mol. The molecule has 2 aromatic rings. The van der Waals surface area contributed by atoms with Crippen molar-refractivity contribution in [1.29, 1.82) is 0 Å². The van der Waals surface area contributed by atoms with Crippen molar-refractivity contribution in [3.05, 3.63) is 65.2 Å². The Bertz CT molecular complexity index is 505. The average Bonchev–Trinajstić information content (AvgIpc) is 2.39. The lowest BCUT2D eigenvalue weighted by Crippen LogP contribution is -2.09. The van der Waals surface area contributed by atoms with Gasteiger partial charge in [0.1, 0.15) is 0 Å². The maximum atomic E-state index is 5.92. The molecule has 0 saturated carbocycles. The van der Waals surface area contributed by atoms with Gasteiger partial charge < -0.3 is 5.73 Å². The molecule has 0 radical (unpaired) electrons. The van der Waals surface area contributed by atoms with Crippen molar-refractivity contribution in [3.8, 4) is 0 Å². The van der Waals surface area contributed by atoms with Gasteiger partial charge in [-0.3, -0.25) is 0 Å². The fourth-order valence-corrected chi connectivity index (χ4v) is 2.98. The summed E-state index contributed by atoms with van der Waals surface area (Å²) in [6.07, 6.45) is 0. The van der Waals surface area contributed by atoms with Crippen LogP contribution in [0, 0.1) is 13.8 Å². The van der Waals surface area contributed by atoms with Gasteiger partial charge in [-0.25, -0.2) is 0 Å². The third-order valence-electron chi connectivity index (χ3n) is 3.03. The van der Waals surface area contributed by atoms with E-state index in [0.29, 0.717) is 11.8 Å². The molecule has 1 atom stereocenters. The zero-order chi connectivity index (χ0) is 13.0. The number of nitrogens with two attached hydrogens (primary N) is 1. The molecular weight excluding hydrogens is 238 g/mol. The first-order valence-corrected chi connectivity index (χ1v) is 7.07. The van der Waals surface area contributed by atoms with Crippen molar-refractivity contribution >= 4 is 11.8 Å². The Hall–Kier alpha value is -1.25. The van der Waals surface area contributed by atoms with E-state index in [4.69, 9.17) is 5.73 Å². The van der Waals surface area contributed by atoms with E-state index in [2.05, 4.69) is 62.4 Å². The molecule has 1 unspecified atom stereocenters. The SMILES string of the molecule is Cc1ccc(C(CN)Sc2ccccc2C)cc1. The van der Waals surface area contributed by atoms with Crippen molar-refractivity contribution < 1.29 is 0 Å². The molecule has 2 heteroatoms. The number of aryl methyl sites for hydroxylation is 2. The molecule has 2 rings (SSSR count). The predicted octanol–water partition coefficient (Wildman–Crippen LogP) is 4.10. The fourth-order valence-electron chi connectivity index (χ4n) is 1.88. The first-order chi connectivity index (χ1) is 8.70. The Morgan fingerprint density at radius 1 is 1.00 bits per heavy atom. The maximum absolute atomic E-state index is 5.92. The summed E-state index contributed by atoms with van der Waals surface area (Å²) in [4.78, 5) is 1.31. The molecule has 0 aromatic heterocycles. The van der Waals surface area contributed by atoms with Gasteiger partial charge in [-0.15, -0.1) is 11.8 Å². The second-order valence-electron chi connectivity index (χ2n) is 4.52. The second kappa shape index (κ2) is 6.07. The lowest BCUT2D eigenvalue weighted by molar-refractivity contribution is 0.939. The van der Waals surface area contributed by atoms with Crippen LogP contribution in [0.4, 0.5) is 0 Å². The summed E-state index contributed by atoms with van der Waals surface area (Å²) < 4.78 is 0. The van der Waals surface area contributed by atoms with Gasteiger partial charge in [-0.1, -0.05) is 48.0 Å². The monoisotopic (exact) mass is 257 g/mol. The highest BCUT2D eigenvalue weighted by molar-refractivity contribution is 7.99. The molecule has 0 aliphatic heterocycles. The van der Waals surface area contributed by atoms with Gasteiger partial charge in [0.2, 0.25) is 0 Å². The standard InChI is InChI=1S/C16H19NS/c1-12-7-9-14(10-8-12)16(11-17)18-15-6-4-3-5-13(15)2/h3-10,16H,11,17H2,1-2H3. The lowest BCUT2D eigenvalue weighted by Gasteiger charge is -2.16. The van der Waals surface area contributed by atoms with E-state index in [1.807, 2.05) is 11.8 Å². The number of hydrogen-bond acceptors (Lipinski definition) is 2. The van der Waals surface area contributed by atoms with E-state index in [1.54, 1.807) is 0 Å². The Labute approximate surface area is 113 Å². The van der Waals surface area contributed by atoms with Crippen LogP contribution in [0.2, 0.25) is 0 Å². The number of benzene rings is 2. The zero-order valence-corrected chi connectivity index (χ0v) is 11.7. The molecule has 0 heterocycles. The van der Waals surface area contributed by atoms with Crippen molar-refractivity contribution in [2.24, 2.45) is 5.73 Å². The van der Waals surface area contributed by atoms with Gasteiger partial charge in [0, 0.05) is 16.7 Å². The van der Waals surface area contributed by atoms with Crippen LogP contribution in [0.1, 0.15) is 21.9 Å². The van der Waals surface area contributed by atoms with E-state index >= 15 is 0 Å². The smallest absolute Gasteiger partial charge is 0.0466 e. The van der Waals surface area contributed by atoms with Crippen LogP contribution < -0.4 is 5.73 Å². The van der Waals surface area contributed by atoms with Gasteiger partial charge in [-0.2, -0.15) is 0 Å². The molecule has 0 saturated heterocycles. The molecule has 2 N–H and O–H groups in total. The quantitative estimate of drug-likeness (QED) is 0.835. The number of thioether (sulfide) groups is 1. The molecule has 94 valence electrons. The summed E-state index contributed by atoms with van der Waals surface area (Å²) >= 11 is 1.85. The molecule has 0 aliphatic rings. The second-order valence-corrected chi connectivity index (χ2v) is 5.76. The topological polar surface area (TPSA) is 26.0 Å². The van der Waals surface area contributed by atoms with Gasteiger partial charge in [-0.05, 0) is 31.0 Å². The van der Waals surface area contributed by atoms with E-state index in [-0.39, 0.29) is 0 Å². The van der Waals surface area contributed by atoms with Gasteiger partial charge in [0.15, 0.2) is 0 Å². The normalized spacial score (nSPS) is 12.4. The summed E-state index contributed by atoms with van der Waals surface area (Å²) in [6.45, 7) is 4.91. The molecule has 0 bridgehead atoms. The molecule has 0 aliphatic carbocycles. The molecule has 1 nitrogen and oxygen atoms in total. The summed E-state index contributed by atoms with van der Waals surface area (Å²) in [5.74, 6) is 0. The van der Waals surface area contributed by atoms with E-state index in [1.165, 1.54) is 21.6 Å². The molecular formula is C16H19NS.